The average Bonchev–Trinajstić information content (AvgIpc) is 2.65. The van der Waals surface area contributed by atoms with Crippen LogP contribution in [0.4, 0.5) is 5.69 Å². The number of nitrogens with one attached hydrogen (secondary N) is 2. The fourth-order valence-electron chi connectivity index (χ4n) is 2.87. The summed E-state index contributed by atoms with van der Waals surface area (Å²) in [7, 11) is 0. The highest BCUT2D eigenvalue weighted by Gasteiger charge is 2.29. The number of hydrogen-bond donors (Lipinski definition) is 2. The Morgan fingerprint density at radius 1 is 1.14 bits per heavy atom. The van der Waals surface area contributed by atoms with Crippen LogP contribution in [0.5, 0.6) is 0 Å². The Morgan fingerprint density at radius 2 is 1.79 bits per heavy atom. The van der Waals surface area contributed by atoms with E-state index < -0.39 is 0 Å². The van der Waals surface area contributed by atoms with Crippen LogP contribution in [0.15, 0.2) is 53.1 Å². The monoisotopic (exact) mass is 465 g/mol. The molecule has 0 bridgehead atoms. The van der Waals surface area contributed by atoms with Crippen LogP contribution in [0.3, 0.4) is 0 Å². The number of nitrogens with zero attached hydrogens (tertiary/aromatic N) is 1. The first kappa shape index (κ1) is 21.5. The molecule has 5 nitrogen and oxygen atoms in total. The molecule has 1 atom stereocenters. The Balaban J connectivity index is 1.75. The third-order valence-corrected chi connectivity index (χ3v) is 5.83. The van der Waals surface area contributed by atoms with Crippen molar-refractivity contribution < 1.29 is 9.59 Å². The number of thioether (sulfide) groups is 1. The molecule has 0 saturated carbocycles. The van der Waals surface area contributed by atoms with Crippen molar-refractivity contribution in [2.75, 3.05) is 11.1 Å². The largest absolute Gasteiger partial charge is 0.325 e. The van der Waals surface area contributed by atoms with Gasteiger partial charge >= 0.3 is 0 Å². The molecule has 0 spiro atoms. The van der Waals surface area contributed by atoms with Gasteiger partial charge in [-0.1, -0.05) is 58.7 Å². The van der Waals surface area contributed by atoms with E-state index >= 15 is 0 Å². The van der Waals surface area contributed by atoms with Crippen molar-refractivity contribution in [3.05, 3.63) is 73.7 Å². The third kappa shape index (κ3) is 5.68. The molecule has 29 heavy (non-hydrogen) atoms. The van der Waals surface area contributed by atoms with Crippen molar-refractivity contribution in [3.63, 3.8) is 0 Å². The first-order chi connectivity index (χ1) is 13.9. The van der Waals surface area contributed by atoms with Gasteiger partial charge in [0.15, 0.2) is 0 Å². The minimum atomic E-state index is -0.386. The van der Waals surface area contributed by atoms with Gasteiger partial charge in [0, 0.05) is 33.1 Å². The van der Waals surface area contributed by atoms with E-state index in [-0.39, 0.29) is 29.9 Å². The molecule has 0 unspecified atom stereocenters. The van der Waals surface area contributed by atoms with E-state index in [4.69, 9.17) is 34.8 Å². The molecule has 2 amide bonds. The maximum absolute atomic E-state index is 12.3. The van der Waals surface area contributed by atoms with E-state index in [1.54, 1.807) is 42.5 Å². The summed E-state index contributed by atoms with van der Waals surface area (Å²) in [6.45, 7) is 0. The lowest BCUT2D eigenvalue weighted by molar-refractivity contribution is -0.121. The second kappa shape index (κ2) is 9.55. The molecule has 2 N–H and O–H groups in total. The van der Waals surface area contributed by atoms with E-state index in [9.17, 15) is 14.9 Å². The summed E-state index contributed by atoms with van der Waals surface area (Å²) in [5, 5.41) is 16.8. The number of rotatable bonds is 5. The summed E-state index contributed by atoms with van der Waals surface area (Å²) in [6.07, 6.45) is 0.155. The fourth-order valence-corrected chi connectivity index (χ4v) is 4.40. The van der Waals surface area contributed by atoms with Gasteiger partial charge in [-0.15, -0.1) is 0 Å². The van der Waals surface area contributed by atoms with Crippen molar-refractivity contribution in [3.8, 4) is 6.07 Å². The Morgan fingerprint density at radius 3 is 2.41 bits per heavy atom. The zero-order valence-electron chi connectivity index (χ0n) is 14.8. The smallest absolute Gasteiger partial charge is 0.234 e. The van der Waals surface area contributed by atoms with Crippen LogP contribution in [-0.4, -0.2) is 17.6 Å². The summed E-state index contributed by atoms with van der Waals surface area (Å²) >= 11 is 18.9. The zero-order chi connectivity index (χ0) is 21.0. The number of amides is 2. The van der Waals surface area contributed by atoms with Crippen molar-refractivity contribution in [1.82, 2.24) is 5.32 Å². The molecule has 3 rings (SSSR count). The van der Waals surface area contributed by atoms with Gasteiger partial charge in [0.25, 0.3) is 0 Å². The van der Waals surface area contributed by atoms with Crippen molar-refractivity contribution >= 4 is 64.1 Å². The van der Waals surface area contributed by atoms with Crippen LogP contribution in [0.25, 0.3) is 0 Å². The number of carbonyl (C=O) groups excluding carboxylic acids is 2. The summed E-state index contributed by atoms with van der Waals surface area (Å²) in [5.74, 6) is -0.920. The van der Waals surface area contributed by atoms with Crippen LogP contribution in [0.1, 0.15) is 17.9 Å². The standard InChI is InChI=1S/C20H14Cl3N3O2S/c21-12-3-1-11(2-4-12)16-8-18(27)26-20(17(16)9-24)29-10-19(28)25-15-6-13(22)5-14(23)7-15/h1-7,16H,8,10H2,(H,25,28)(H,26,27)/t16-/m0/s1. The van der Waals surface area contributed by atoms with Gasteiger partial charge in [0.1, 0.15) is 0 Å². The molecule has 9 heteroatoms. The molecule has 1 aliphatic rings. The number of nitriles is 1. The highest BCUT2D eigenvalue weighted by atomic mass is 35.5. The second-order valence-electron chi connectivity index (χ2n) is 6.21. The number of allylic oxidation sites excluding steroid dienone is 1. The predicted octanol–water partition coefficient (Wildman–Crippen LogP) is 5.36. The Bertz CT molecular complexity index is 1010. The van der Waals surface area contributed by atoms with Gasteiger partial charge in [-0.05, 0) is 35.9 Å². The quantitative estimate of drug-likeness (QED) is 0.621. The second-order valence-corrected chi connectivity index (χ2v) is 8.50. The van der Waals surface area contributed by atoms with Crippen LogP contribution in [0, 0.1) is 11.3 Å². The number of halogens is 3. The van der Waals surface area contributed by atoms with E-state index in [0.29, 0.717) is 31.4 Å². The van der Waals surface area contributed by atoms with Crippen molar-refractivity contribution in [2.24, 2.45) is 0 Å². The highest BCUT2D eigenvalue weighted by molar-refractivity contribution is 8.03. The molecule has 0 aliphatic carbocycles. The molecule has 1 heterocycles. The van der Waals surface area contributed by atoms with Gasteiger partial charge in [0.2, 0.25) is 11.8 Å². The van der Waals surface area contributed by atoms with Gasteiger partial charge in [0.05, 0.1) is 22.4 Å². The summed E-state index contributed by atoms with van der Waals surface area (Å²) < 4.78 is 0. The first-order valence-corrected chi connectivity index (χ1v) is 10.6. The summed E-state index contributed by atoms with van der Waals surface area (Å²) in [4.78, 5) is 24.5. The van der Waals surface area contributed by atoms with E-state index in [1.807, 2.05) is 0 Å². The predicted molar refractivity (Wildman–Crippen MR) is 117 cm³/mol. The lowest BCUT2D eigenvalue weighted by Gasteiger charge is -2.25. The van der Waals surface area contributed by atoms with Crippen molar-refractivity contribution in [1.29, 1.82) is 5.26 Å². The van der Waals surface area contributed by atoms with Crippen LogP contribution in [0.2, 0.25) is 15.1 Å². The Labute approximate surface area is 187 Å². The zero-order valence-corrected chi connectivity index (χ0v) is 17.9. The number of hydrogen-bond acceptors (Lipinski definition) is 4. The molecule has 2 aromatic rings. The Kier molecular flexibility index (Phi) is 7.09. The molecule has 0 fully saturated rings. The number of anilines is 1. The lowest BCUT2D eigenvalue weighted by Crippen LogP contribution is -2.31. The minimum Gasteiger partial charge on any atom is -0.325 e. The van der Waals surface area contributed by atoms with Gasteiger partial charge in [-0.2, -0.15) is 5.26 Å². The topological polar surface area (TPSA) is 82.0 Å². The van der Waals surface area contributed by atoms with Gasteiger partial charge in [-0.3, -0.25) is 9.59 Å². The molecule has 0 saturated heterocycles. The maximum atomic E-state index is 12.3. The molecule has 148 valence electrons. The minimum absolute atomic E-state index is 0.00172. The summed E-state index contributed by atoms with van der Waals surface area (Å²) in [5.41, 5.74) is 1.70. The third-order valence-electron chi connectivity index (χ3n) is 4.12. The SMILES string of the molecule is N#CC1=C(SCC(=O)Nc2cc(Cl)cc(Cl)c2)NC(=O)C[C@H]1c1ccc(Cl)cc1. The van der Waals surface area contributed by atoms with Crippen LogP contribution < -0.4 is 10.6 Å². The molecule has 0 aromatic heterocycles. The maximum Gasteiger partial charge on any atom is 0.234 e. The normalized spacial score (nSPS) is 16.2. The Hall–Kier alpha value is -2.17. The number of benzene rings is 2. The first-order valence-electron chi connectivity index (χ1n) is 8.44. The van der Waals surface area contributed by atoms with Crippen LogP contribution >= 0.6 is 46.6 Å². The molecular formula is C20H14Cl3N3O2S. The highest BCUT2D eigenvalue weighted by Crippen LogP contribution is 2.36. The van der Waals surface area contributed by atoms with E-state index in [2.05, 4.69) is 16.7 Å². The lowest BCUT2D eigenvalue weighted by atomic mass is 9.87. The molecule has 1 aliphatic heterocycles. The number of carbonyl (C=O) groups is 2. The summed E-state index contributed by atoms with van der Waals surface area (Å²) in [6, 6.07) is 13.9. The van der Waals surface area contributed by atoms with Crippen molar-refractivity contribution in [2.45, 2.75) is 12.3 Å². The van der Waals surface area contributed by atoms with Gasteiger partial charge < -0.3 is 10.6 Å². The molecule has 0 radical (unpaired) electrons. The fraction of sp³-hybridized carbons (Fsp3) is 0.150. The average molecular weight is 467 g/mol. The van der Waals surface area contributed by atoms with E-state index in [0.717, 1.165) is 17.3 Å². The van der Waals surface area contributed by atoms with Gasteiger partial charge in [-0.25, -0.2) is 0 Å². The van der Waals surface area contributed by atoms with Crippen LogP contribution in [-0.2, 0) is 9.59 Å². The molecular weight excluding hydrogens is 453 g/mol. The molecule has 2 aromatic carbocycles. The van der Waals surface area contributed by atoms with E-state index in [1.165, 1.54) is 0 Å².